The Labute approximate surface area is 200 Å². The van der Waals surface area contributed by atoms with E-state index < -0.39 is 5.60 Å². The van der Waals surface area contributed by atoms with Crippen molar-refractivity contribution >= 4 is 23.5 Å². The minimum Gasteiger partial charge on any atom is -0.441 e. The number of aromatic nitrogens is 1. The van der Waals surface area contributed by atoms with E-state index in [0.29, 0.717) is 31.1 Å². The van der Waals surface area contributed by atoms with Crippen LogP contribution in [-0.4, -0.2) is 60.2 Å². The number of hydrogen-bond donors (Lipinski definition) is 0. The molecule has 0 spiro atoms. The number of rotatable bonds is 5. The molecule has 0 radical (unpaired) electrons. The number of carbonyl (C=O) groups is 2. The fraction of sp³-hybridized carbons (Fsp3) is 0.519. The lowest BCUT2D eigenvalue weighted by Gasteiger charge is -2.36. The second-order valence-electron chi connectivity index (χ2n) is 10.8. The summed E-state index contributed by atoms with van der Waals surface area (Å²) in [5, 5.41) is 0. The molecule has 4 fully saturated rings. The van der Waals surface area contributed by atoms with E-state index in [-0.39, 0.29) is 12.0 Å². The molecule has 3 heterocycles. The zero-order valence-corrected chi connectivity index (χ0v) is 20.0. The quantitative estimate of drug-likeness (QED) is 0.656. The zero-order chi connectivity index (χ0) is 23.4. The summed E-state index contributed by atoms with van der Waals surface area (Å²) < 4.78 is 5.39. The summed E-state index contributed by atoms with van der Waals surface area (Å²) in [5.74, 6) is 2.55. The molecule has 2 aliphatic heterocycles. The van der Waals surface area contributed by atoms with E-state index in [1.165, 1.54) is 36.8 Å². The van der Waals surface area contributed by atoms with Crippen molar-refractivity contribution in [3.63, 3.8) is 0 Å². The van der Waals surface area contributed by atoms with Crippen LogP contribution in [0.3, 0.4) is 0 Å². The van der Waals surface area contributed by atoms with Gasteiger partial charge in [0.2, 0.25) is 0 Å². The first-order chi connectivity index (χ1) is 16.4. The van der Waals surface area contributed by atoms with Crippen molar-refractivity contribution < 1.29 is 14.3 Å². The summed E-state index contributed by atoms with van der Waals surface area (Å²) in [4.78, 5) is 36.1. The molecule has 2 saturated heterocycles. The molecule has 34 heavy (non-hydrogen) atoms. The van der Waals surface area contributed by atoms with Crippen LogP contribution in [0.25, 0.3) is 0 Å². The summed E-state index contributed by atoms with van der Waals surface area (Å²) in [7, 11) is 0. The van der Waals surface area contributed by atoms with Crippen LogP contribution in [0, 0.1) is 0 Å². The first kappa shape index (κ1) is 21.4. The maximum Gasteiger partial charge on any atom is 0.415 e. The predicted octanol–water partition coefficient (Wildman–Crippen LogP) is 4.53. The predicted molar refractivity (Wildman–Crippen MR) is 131 cm³/mol. The number of piperazine rings is 1. The molecule has 0 unspecified atom stereocenters. The SMILES string of the molecule is CC1(C)CN(c2ccc(C(=O)N3CCN(c4ncc(C5CC5)cc4C4CC4)CC3)cc2)C(=O)O1. The van der Waals surface area contributed by atoms with Crippen molar-refractivity contribution in [2.75, 3.05) is 42.5 Å². The highest BCUT2D eigenvalue weighted by Crippen LogP contribution is 2.47. The molecule has 1 aromatic heterocycles. The average molecular weight is 461 g/mol. The number of nitrogens with zero attached hydrogens (tertiary/aromatic N) is 4. The van der Waals surface area contributed by atoms with E-state index in [2.05, 4.69) is 17.2 Å². The average Bonchev–Trinajstić information content (AvgIpc) is 3.76. The summed E-state index contributed by atoms with van der Waals surface area (Å²) in [6.45, 7) is 7.26. The van der Waals surface area contributed by atoms with Crippen molar-refractivity contribution in [2.24, 2.45) is 0 Å². The molecule has 0 atom stereocenters. The van der Waals surface area contributed by atoms with Gasteiger partial charge < -0.3 is 14.5 Å². The Morgan fingerprint density at radius 1 is 1.00 bits per heavy atom. The van der Waals surface area contributed by atoms with Crippen LogP contribution in [-0.2, 0) is 4.74 Å². The number of anilines is 2. The third-order valence-electron chi connectivity index (χ3n) is 7.40. The molecule has 2 saturated carbocycles. The Hall–Kier alpha value is -3.09. The molecule has 2 aromatic rings. The van der Waals surface area contributed by atoms with Crippen molar-refractivity contribution in [3.05, 3.63) is 53.2 Å². The van der Waals surface area contributed by atoms with Gasteiger partial charge in [0.25, 0.3) is 5.91 Å². The van der Waals surface area contributed by atoms with Gasteiger partial charge in [0.1, 0.15) is 11.4 Å². The van der Waals surface area contributed by atoms with Gasteiger partial charge in [-0.3, -0.25) is 9.69 Å². The van der Waals surface area contributed by atoms with Gasteiger partial charge in [-0.25, -0.2) is 9.78 Å². The molecule has 2 aliphatic carbocycles. The van der Waals surface area contributed by atoms with Crippen molar-refractivity contribution in [3.8, 4) is 0 Å². The van der Waals surface area contributed by atoms with Gasteiger partial charge in [-0.1, -0.05) is 6.07 Å². The first-order valence-electron chi connectivity index (χ1n) is 12.5. The number of ether oxygens (including phenoxy) is 1. The molecular weight excluding hydrogens is 428 g/mol. The molecule has 7 nitrogen and oxygen atoms in total. The lowest BCUT2D eigenvalue weighted by molar-refractivity contribution is 0.0746. The lowest BCUT2D eigenvalue weighted by atomic mass is 10.1. The molecule has 7 heteroatoms. The van der Waals surface area contributed by atoms with Crippen molar-refractivity contribution in [1.29, 1.82) is 0 Å². The van der Waals surface area contributed by atoms with Crippen LogP contribution in [0.5, 0.6) is 0 Å². The Bertz CT molecular complexity index is 1110. The Balaban J connectivity index is 1.10. The van der Waals surface area contributed by atoms with Gasteiger partial charge in [0.15, 0.2) is 0 Å². The maximum absolute atomic E-state index is 13.1. The molecule has 0 N–H and O–H groups in total. The van der Waals surface area contributed by atoms with Gasteiger partial charge in [-0.15, -0.1) is 0 Å². The highest BCUT2D eigenvalue weighted by Gasteiger charge is 2.38. The van der Waals surface area contributed by atoms with Crippen molar-refractivity contribution in [2.45, 2.75) is 57.0 Å². The van der Waals surface area contributed by atoms with Crippen LogP contribution in [0.1, 0.15) is 72.9 Å². The van der Waals surface area contributed by atoms with Crippen LogP contribution < -0.4 is 9.80 Å². The highest BCUT2D eigenvalue weighted by atomic mass is 16.6. The number of cyclic esters (lactones) is 1. The zero-order valence-electron chi connectivity index (χ0n) is 20.0. The highest BCUT2D eigenvalue weighted by molar-refractivity contribution is 5.96. The Kier molecular flexibility index (Phi) is 5.04. The Morgan fingerprint density at radius 3 is 2.26 bits per heavy atom. The molecular formula is C27H32N4O3. The molecule has 1 aromatic carbocycles. The summed E-state index contributed by atoms with van der Waals surface area (Å²) in [6, 6.07) is 9.70. The third kappa shape index (κ3) is 4.12. The second-order valence-corrected chi connectivity index (χ2v) is 10.8. The largest absolute Gasteiger partial charge is 0.441 e. The van der Waals surface area contributed by atoms with Gasteiger partial charge in [0, 0.05) is 43.6 Å². The number of carbonyl (C=O) groups excluding carboxylic acids is 2. The Morgan fingerprint density at radius 2 is 1.68 bits per heavy atom. The van der Waals surface area contributed by atoms with Crippen molar-refractivity contribution in [1.82, 2.24) is 9.88 Å². The maximum atomic E-state index is 13.1. The summed E-state index contributed by atoms with van der Waals surface area (Å²) in [5.41, 5.74) is 3.73. The van der Waals surface area contributed by atoms with Crippen LogP contribution in [0.2, 0.25) is 0 Å². The molecule has 6 rings (SSSR count). The smallest absolute Gasteiger partial charge is 0.415 e. The molecule has 2 amide bonds. The number of benzene rings is 1. The van der Waals surface area contributed by atoms with E-state index in [1.807, 2.05) is 43.0 Å². The van der Waals surface area contributed by atoms with Gasteiger partial charge in [-0.2, -0.15) is 0 Å². The van der Waals surface area contributed by atoms with E-state index in [0.717, 1.165) is 30.5 Å². The topological polar surface area (TPSA) is 66.0 Å². The number of hydrogen-bond acceptors (Lipinski definition) is 5. The van der Waals surface area contributed by atoms with Gasteiger partial charge >= 0.3 is 6.09 Å². The lowest BCUT2D eigenvalue weighted by Crippen LogP contribution is -2.49. The summed E-state index contributed by atoms with van der Waals surface area (Å²) >= 11 is 0. The number of pyridine rings is 1. The molecule has 178 valence electrons. The third-order valence-corrected chi connectivity index (χ3v) is 7.40. The number of amides is 2. The fourth-order valence-electron chi connectivity index (χ4n) is 5.14. The van der Waals surface area contributed by atoms with Gasteiger partial charge in [0.05, 0.1) is 6.54 Å². The monoisotopic (exact) mass is 460 g/mol. The minimum atomic E-state index is -0.502. The fourth-order valence-corrected chi connectivity index (χ4v) is 5.14. The van der Waals surface area contributed by atoms with E-state index in [9.17, 15) is 9.59 Å². The van der Waals surface area contributed by atoms with Crippen LogP contribution in [0.15, 0.2) is 36.5 Å². The van der Waals surface area contributed by atoms with Crippen LogP contribution in [0.4, 0.5) is 16.3 Å². The second kappa shape index (κ2) is 8.00. The minimum absolute atomic E-state index is 0.0370. The van der Waals surface area contributed by atoms with Gasteiger partial charge in [-0.05, 0) is 86.8 Å². The van der Waals surface area contributed by atoms with E-state index in [1.54, 1.807) is 4.90 Å². The van der Waals surface area contributed by atoms with Crippen LogP contribution >= 0.6 is 0 Å². The molecule has 4 aliphatic rings. The van der Waals surface area contributed by atoms with E-state index in [4.69, 9.17) is 9.72 Å². The standard InChI is InChI=1S/C27H32N4O3/c1-27(2)17-31(26(33)34-27)22-9-7-20(8-10-22)25(32)30-13-11-29(12-14-30)24-23(19-5-6-19)15-21(16-28-24)18-3-4-18/h7-10,15-16,18-19H,3-6,11-14,17H2,1-2H3. The normalized spacial score (nSPS) is 22.2. The molecule has 0 bridgehead atoms. The summed E-state index contributed by atoms with van der Waals surface area (Å²) in [6.07, 6.45) is 6.87. The van der Waals surface area contributed by atoms with E-state index >= 15 is 0 Å². The first-order valence-corrected chi connectivity index (χ1v) is 12.5.